The lowest BCUT2D eigenvalue weighted by Crippen LogP contribution is -2.50. The number of amides is 1. The molecule has 2 heterocycles. The smallest absolute Gasteiger partial charge is 0.392 e. The van der Waals surface area contributed by atoms with Gasteiger partial charge in [-0.1, -0.05) is 37.0 Å². The molecule has 1 aliphatic heterocycles. The highest BCUT2D eigenvalue weighted by molar-refractivity contribution is 7.92. The van der Waals surface area contributed by atoms with Crippen molar-refractivity contribution in [2.24, 2.45) is 5.41 Å². The normalized spacial score (nSPS) is 18.8. The maximum atomic E-state index is 13.2. The molecule has 1 saturated heterocycles. The van der Waals surface area contributed by atoms with E-state index in [0.717, 1.165) is 24.4 Å². The van der Waals surface area contributed by atoms with E-state index in [2.05, 4.69) is 9.71 Å². The number of hydrogen-bond acceptors (Lipinski definition) is 5. The van der Waals surface area contributed by atoms with Gasteiger partial charge in [-0.25, -0.2) is 13.4 Å². The number of likely N-dealkylation sites (tertiary alicyclic amines) is 1. The molecule has 1 amide bonds. The van der Waals surface area contributed by atoms with Crippen LogP contribution in [0.3, 0.4) is 0 Å². The number of aromatic nitrogens is 1. The first-order valence-corrected chi connectivity index (χ1v) is 11.9. The van der Waals surface area contributed by atoms with Crippen LogP contribution in [0.4, 0.5) is 18.9 Å². The molecule has 1 fully saturated rings. The van der Waals surface area contributed by atoms with Crippen molar-refractivity contribution in [3.05, 3.63) is 51.8 Å². The highest BCUT2D eigenvalue weighted by Gasteiger charge is 2.38. The van der Waals surface area contributed by atoms with Crippen LogP contribution < -0.4 is 4.72 Å². The molecule has 2 N–H and O–H groups in total. The first kappa shape index (κ1) is 25.5. The van der Waals surface area contributed by atoms with E-state index in [4.69, 9.17) is 23.2 Å². The van der Waals surface area contributed by atoms with Gasteiger partial charge in [0.1, 0.15) is 0 Å². The Balaban J connectivity index is 1.97. The Hall–Kier alpha value is -2.08. The van der Waals surface area contributed by atoms with Crippen LogP contribution in [-0.2, 0) is 16.2 Å². The molecule has 33 heavy (non-hydrogen) atoms. The van der Waals surface area contributed by atoms with Crippen LogP contribution in [0, 0.1) is 5.41 Å². The van der Waals surface area contributed by atoms with Crippen molar-refractivity contribution >= 4 is 44.8 Å². The number of piperidine rings is 1. The van der Waals surface area contributed by atoms with Crippen molar-refractivity contribution in [3.63, 3.8) is 0 Å². The maximum Gasteiger partial charge on any atom is 0.417 e. The third kappa shape index (κ3) is 5.53. The molecular formula is C20H20Cl2F3N3O4S. The number of aliphatic hydroxyl groups is 1. The zero-order valence-electron chi connectivity index (χ0n) is 17.4. The second kappa shape index (κ2) is 8.94. The number of sulfonamides is 1. The molecule has 1 aromatic heterocycles. The van der Waals surface area contributed by atoms with Gasteiger partial charge in [-0.05, 0) is 30.7 Å². The fourth-order valence-corrected chi connectivity index (χ4v) is 4.91. The molecule has 1 atom stereocenters. The fraction of sp³-hybridized carbons (Fsp3) is 0.400. The number of nitrogens with one attached hydrogen (secondary N) is 1. The van der Waals surface area contributed by atoms with Crippen LogP contribution in [0.2, 0.25) is 10.0 Å². The van der Waals surface area contributed by atoms with Crippen LogP contribution in [0.25, 0.3) is 0 Å². The summed E-state index contributed by atoms with van der Waals surface area (Å²) in [5, 5.41) is 9.47. The van der Waals surface area contributed by atoms with Gasteiger partial charge in [0.15, 0.2) is 5.69 Å². The summed E-state index contributed by atoms with van der Waals surface area (Å²) in [5.41, 5.74) is -2.49. The van der Waals surface area contributed by atoms with Crippen molar-refractivity contribution in [2.45, 2.75) is 37.4 Å². The Bertz CT molecular complexity index is 1190. The van der Waals surface area contributed by atoms with Crippen molar-refractivity contribution < 1.29 is 31.5 Å². The lowest BCUT2D eigenvalue weighted by Gasteiger charge is -2.41. The fourth-order valence-electron chi connectivity index (χ4n) is 3.45. The third-order valence-electron chi connectivity index (χ3n) is 5.31. The van der Waals surface area contributed by atoms with Gasteiger partial charge in [0, 0.05) is 24.7 Å². The molecule has 7 nitrogen and oxygen atoms in total. The van der Waals surface area contributed by atoms with Crippen LogP contribution in [0.15, 0.2) is 35.4 Å². The molecule has 180 valence electrons. The van der Waals surface area contributed by atoms with E-state index in [9.17, 15) is 31.5 Å². The number of aliphatic hydroxyl groups excluding tert-OH is 1. The van der Waals surface area contributed by atoms with Crippen LogP contribution >= 0.6 is 23.2 Å². The van der Waals surface area contributed by atoms with Crippen molar-refractivity contribution in [1.82, 2.24) is 9.88 Å². The van der Waals surface area contributed by atoms with E-state index in [1.165, 1.54) is 4.90 Å². The highest BCUT2D eigenvalue weighted by Crippen LogP contribution is 2.36. The summed E-state index contributed by atoms with van der Waals surface area (Å²) in [5.74, 6) is -0.614. The largest absolute Gasteiger partial charge is 0.417 e. The number of pyridine rings is 1. The lowest BCUT2D eigenvalue weighted by atomic mass is 9.81. The molecule has 13 heteroatoms. The second-order valence-corrected chi connectivity index (χ2v) is 10.8. The predicted molar refractivity (Wildman–Crippen MR) is 117 cm³/mol. The summed E-state index contributed by atoms with van der Waals surface area (Å²) in [6.07, 6.45) is -4.02. The van der Waals surface area contributed by atoms with Gasteiger partial charge in [-0.15, -0.1) is 0 Å². The summed E-state index contributed by atoms with van der Waals surface area (Å²) in [6.45, 7) is 3.98. The first-order valence-electron chi connectivity index (χ1n) is 9.64. The molecule has 0 unspecified atom stereocenters. The summed E-state index contributed by atoms with van der Waals surface area (Å²) in [6, 6.07) is 3.28. The molecule has 0 aliphatic carbocycles. The molecule has 0 saturated carbocycles. The van der Waals surface area contributed by atoms with E-state index in [0.29, 0.717) is 12.5 Å². The van der Waals surface area contributed by atoms with Gasteiger partial charge >= 0.3 is 6.18 Å². The minimum Gasteiger partial charge on any atom is -0.392 e. The predicted octanol–water partition coefficient (Wildman–Crippen LogP) is 4.44. The van der Waals surface area contributed by atoms with E-state index >= 15 is 0 Å². The minimum atomic E-state index is -4.87. The Kier molecular flexibility index (Phi) is 6.92. The van der Waals surface area contributed by atoms with Crippen LogP contribution in [0.1, 0.15) is 36.3 Å². The van der Waals surface area contributed by atoms with E-state index in [1.807, 2.05) is 0 Å². The number of halogens is 5. The summed E-state index contributed by atoms with van der Waals surface area (Å²) in [7, 11) is -4.57. The Morgan fingerprint density at radius 1 is 1.27 bits per heavy atom. The Morgan fingerprint density at radius 2 is 1.94 bits per heavy atom. The van der Waals surface area contributed by atoms with Crippen molar-refractivity contribution in [1.29, 1.82) is 0 Å². The molecule has 0 bridgehead atoms. The number of anilines is 1. The standard InChI is InChI=1S/C20H20Cl2F3N3O4S/c1-19(2)10-28(6-5-16(19)29)18(30)17-15(7-11(21)9-26-17)27-33(31,32)12-3-4-14(22)13(8-12)20(23,24)25/h3-4,7-9,16,27,29H,5-6,10H2,1-2H3/t16-/m0/s1. The molecule has 0 spiro atoms. The first-order chi connectivity index (χ1) is 15.1. The molecule has 0 radical (unpaired) electrons. The number of hydrogen-bond donors (Lipinski definition) is 2. The second-order valence-electron chi connectivity index (χ2n) is 8.31. The maximum absolute atomic E-state index is 13.2. The van der Waals surface area contributed by atoms with Gasteiger partial charge < -0.3 is 10.0 Å². The lowest BCUT2D eigenvalue weighted by molar-refractivity contribution is -0.137. The molecule has 1 aliphatic rings. The van der Waals surface area contributed by atoms with Crippen molar-refractivity contribution in [2.75, 3.05) is 17.8 Å². The minimum absolute atomic E-state index is 0.00531. The Labute approximate surface area is 198 Å². The number of carbonyl (C=O) groups excluding carboxylic acids is 1. The number of rotatable bonds is 4. The topological polar surface area (TPSA) is 99.6 Å². The number of nitrogens with zero attached hydrogens (tertiary/aromatic N) is 2. The zero-order chi connectivity index (χ0) is 24.8. The quantitative estimate of drug-likeness (QED) is 0.614. The molecule has 1 aromatic carbocycles. The van der Waals surface area contributed by atoms with Gasteiger partial charge in [0.25, 0.3) is 15.9 Å². The highest BCUT2D eigenvalue weighted by atomic mass is 35.5. The van der Waals surface area contributed by atoms with Gasteiger partial charge in [0.2, 0.25) is 0 Å². The van der Waals surface area contributed by atoms with Crippen LogP contribution in [0.5, 0.6) is 0 Å². The van der Waals surface area contributed by atoms with E-state index in [-0.39, 0.29) is 29.5 Å². The third-order valence-corrected chi connectivity index (χ3v) is 7.21. The van der Waals surface area contributed by atoms with Gasteiger partial charge in [-0.3, -0.25) is 9.52 Å². The summed E-state index contributed by atoms with van der Waals surface area (Å²) in [4.78, 5) is 17.8. The van der Waals surface area contributed by atoms with Gasteiger partial charge in [-0.2, -0.15) is 13.2 Å². The number of carbonyl (C=O) groups is 1. The molecular weight excluding hydrogens is 506 g/mol. The van der Waals surface area contributed by atoms with E-state index < -0.39 is 49.1 Å². The van der Waals surface area contributed by atoms with E-state index in [1.54, 1.807) is 13.8 Å². The van der Waals surface area contributed by atoms with Crippen molar-refractivity contribution in [3.8, 4) is 0 Å². The number of benzene rings is 1. The molecule has 2 aromatic rings. The monoisotopic (exact) mass is 525 g/mol. The summed E-state index contributed by atoms with van der Waals surface area (Å²) < 4.78 is 67.3. The Morgan fingerprint density at radius 3 is 2.55 bits per heavy atom. The SMILES string of the molecule is CC1(C)CN(C(=O)c2ncc(Cl)cc2NS(=O)(=O)c2ccc(Cl)c(C(F)(F)F)c2)CC[C@@H]1O. The average Bonchev–Trinajstić information content (AvgIpc) is 2.68. The van der Waals surface area contributed by atoms with Crippen LogP contribution in [-0.4, -0.2) is 48.5 Å². The summed E-state index contributed by atoms with van der Waals surface area (Å²) >= 11 is 11.5. The zero-order valence-corrected chi connectivity index (χ0v) is 19.8. The average molecular weight is 526 g/mol. The number of alkyl halides is 3. The van der Waals surface area contributed by atoms with Gasteiger partial charge in [0.05, 0.1) is 32.3 Å². The molecule has 3 rings (SSSR count).